The van der Waals surface area contributed by atoms with Gasteiger partial charge in [0, 0.05) is 19.3 Å². The molecule has 33 heavy (non-hydrogen) atoms. The number of nitrogens with one attached hydrogen (secondary N) is 2. The Bertz CT molecular complexity index is 1080. The molecule has 0 aliphatic carbocycles. The summed E-state index contributed by atoms with van der Waals surface area (Å²) in [6.07, 6.45) is -2.83. The van der Waals surface area contributed by atoms with Crippen LogP contribution in [0.25, 0.3) is 11.1 Å². The summed E-state index contributed by atoms with van der Waals surface area (Å²) >= 11 is 0. The number of pyridine rings is 1. The lowest BCUT2D eigenvalue weighted by molar-refractivity contribution is -0.140. The van der Waals surface area contributed by atoms with Gasteiger partial charge in [0.15, 0.2) is 0 Å². The summed E-state index contributed by atoms with van der Waals surface area (Å²) in [5.41, 5.74) is 2.16. The van der Waals surface area contributed by atoms with Crippen molar-refractivity contribution in [3.63, 3.8) is 0 Å². The smallest absolute Gasteiger partial charge is 0.416 e. The Hall–Kier alpha value is -3.88. The molecule has 2 N–H and O–H groups in total. The minimum absolute atomic E-state index is 0.0902. The third-order valence-corrected chi connectivity index (χ3v) is 4.84. The molecule has 0 unspecified atom stereocenters. The van der Waals surface area contributed by atoms with Crippen molar-refractivity contribution in [2.75, 3.05) is 19.0 Å². The molecule has 2 aromatic carbocycles. The Morgan fingerprint density at radius 2 is 1.58 bits per heavy atom. The molecular weight excluding hydrogens is 435 g/mol. The van der Waals surface area contributed by atoms with Crippen LogP contribution in [0.15, 0.2) is 66.9 Å². The fraction of sp³-hybridized carbons (Fsp3) is 0.208. The average molecular weight is 457 g/mol. The van der Waals surface area contributed by atoms with E-state index in [0.29, 0.717) is 23.5 Å². The van der Waals surface area contributed by atoms with Gasteiger partial charge < -0.3 is 15.4 Å². The van der Waals surface area contributed by atoms with Gasteiger partial charge in [0.1, 0.15) is 5.82 Å². The Kier molecular flexibility index (Phi) is 7.66. The van der Waals surface area contributed by atoms with Gasteiger partial charge >= 0.3 is 12.1 Å². The van der Waals surface area contributed by atoms with E-state index in [-0.39, 0.29) is 18.9 Å². The van der Waals surface area contributed by atoms with Crippen LogP contribution in [0.3, 0.4) is 0 Å². The van der Waals surface area contributed by atoms with Crippen molar-refractivity contribution >= 4 is 17.7 Å². The molecule has 9 heteroatoms. The fourth-order valence-electron chi connectivity index (χ4n) is 2.97. The standard InChI is InChI=1S/C24H22F3N3O3/c1-33-22(31)12-13-28-23(32)19-8-11-21(30-15-19)29-14-16-2-4-17(5-3-16)18-6-9-20(10-7-18)24(25,26)27/h2-11,15H,12-14H2,1H3,(H,28,32)(H,29,30). The van der Waals surface area contributed by atoms with Gasteiger partial charge in [-0.15, -0.1) is 0 Å². The van der Waals surface area contributed by atoms with Gasteiger partial charge in [-0.1, -0.05) is 36.4 Å². The van der Waals surface area contributed by atoms with Crippen LogP contribution in [0.1, 0.15) is 27.9 Å². The lowest BCUT2D eigenvalue weighted by Crippen LogP contribution is -2.26. The number of rotatable bonds is 8. The Balaban J connectivity index is 1.52. The number of nitrogens with zero attached hydrogens (tertiary/aromatic N) is 1. The maximum atomic E-state index is 12.7. The van der Waals surface area contributed by atoms with Crippen LogP contribution in [0, 0.1) is 0 Å². The van der Waals surface area contributed by atoms with E-state index >= 15 is 0 Å². The van der Waals surface area contributed by atoms with Gasteiger partial charge in [0.05, 0.1) is 24.7 Å². The number of ether oxygens (including phenoxy) is 1. The van der Waals surface area contributed by atoms with E-state index < -0.39 is 17.7 Å². The highest BCUT2D eigenvalue weighted by Gasteiger charge is 2.29. The van der Waals surface area contributed by atoms with Crippen LogP contribution in [-0.2, 0) is 22.3 Å². The largest absolute Gasteiger partial charge is 0.469 e. The predicted octanol–water partition coefficient (Wildman–Crippen LogP) is 4.67. The molecule has 0 bridgehead atoms. The number of aromatic nitrogens is 1. The topological polar surface area (TPSA) is 80.3 Å². The quantitative estimate of drug-likeness (QED) is 0.481. The van der Waals surface area contributed by atoms with E-state index in [0.717, 1.165) is 23.3 Å². The molecule has 0 saturated carbocycles. The molecular formula is C24H22F3N3O3. The van der Waals surface area contributed by atoms with Crippen LogP contribution < -0.4 is 10.6 Å². The molecule has 0 aliphatic heterocycles. The number of halogens is 3. The minimum Gasteiger partial charge on any atom is -0.469 e. The molecule has 172 valence electrons. The number of anilines is 1. The van der Waals surface area contributed by atoms with Crippen molar-refractivity contribution in [3.05, 3.63) is 83.6 Å². The lowest BCUT2D eigenvalue weighted by Gasteiger charge is -2.09. The van der Waals surface area contributed by atoms with E-state index in [1.54, 1.807) is 12.1 Å². The summed E-state index contributed by atoms with van der Waals surface area (Å²) in [6.45, 7) is 0.652. The van der Waals surface area contributed by atoms with E-state index in [9.17, 15) is 22.8 Å². The highest BCUT2D eigenvalue weighted by atomic mass is 19.4. The van der Waals surface area contributed by atoms with Crippen molar-refractivity contribution in [3.8, 4) is 11.1 Å². The number of benzene rings is 2. The summed E-state index contributed by atoms with van der Waals surface area (Å²) in [5, 5.41) is 5.76. The first-order chi connectivity index (χ1) is 15.8. The van der Waals surface area contributed by atoms with E-state index in [2.05, 4.69) is 20.4 Å². The molecule has 1 heterocycles. The normalized spacial score (nSPS) is 11.0. The number of carbonyl (C=O) groups is 2. The van der Waals surface area contributed by atoms with Gasteiger partial charge in [0.2, 0.25) is 0 Å². The lowest BCUT2D eigenvalue weighted by atomic mass is 10.0. The third-order valence-electron chi connectivity index (χ3n) is 4.84. The molecule has 6 nitrogen and oxygen atoms in total. The molecule has 1 aromatic heterocycles. The van der Waals surface area contributed by atoms with Crippen LogP contribution >= 0.6 is 0 Å². The second-order valence-corrected chi connectivity index (χ2v) is 7.14. The van der Waals surface area contributed by atoms with Crippen molar-refractivity contribution in [1.82, 2.24) is 10.3 Å². The van der Waals surface area contributed by atoms with Crippen LogP contribution in [0.2, 0.25) is 0 Å². The van der Waals surface area contributed by atoms with Gasteiger partial charge in [-0.2, -0.15) is 13.2 Å². The minimum atomic E-state index is -4.35. The summed E-state index contributed by atoms with van der Waals surface area (Å²) in [7, 11) is 1.29. The van der Waals surface area contributed by atoms with Gasteiger partial charge in [-0.25, -0.2) is 4.98 Å². The summed E-state index contributed by atoms with van der Waals surface area (Å²) in [5.74, 6) is -0.162. The SMILES string of the molecule is COC(=O)CCNC(=O)c1ccc(NCc2ccc(-c3ccc(C(F)(F)F)cc3)cc2)nc1. The Morgan fingerprint density at radius 1 is 0.939 bits per heavy atom. The van der Waals surface area contributed by atoms with Crippen LogP contribution in [-0.4, -0.2) is 30.5 Å². The second kappa shape index (κ2) is 10.6. The van der Waals surface area contributed by atoms with Gasteiger partial charge in [-0.05, 0) is 41.0 Å². The number of hydrogen-bond acceptors (Lipinski definition) is 5. The maximum Gasteiger partial charge on any atom is 0.416 e. The first-order valence-electron chi connectivity index (χ1n) is 10.1. The monoisotopic (exact) mass is 457 g/mol. The number of amides is 1. The zero-order chi connectivity index (χ0) is 23.8. The summed E-state index contributed by atoms with van der Waals surface area (Å²) < 4.78 is 42.6. The molecule has 1 amide bonds. The van der Waals surface area contributed by atoms with Crippen molar-refractivity contribution < 1.29 is 27.5 Å². The Morgan fingerprint density at radius 3 is 2.12 bits per heavy atom. The summed E-state index contributed by atoms with van der Waals surface area (Å²) in [6, 6.07) is 15.8. The van der Waals surface area contributed by atoms with Crippen LogP contribution in [0.4, 0.5) is 19.0 Å². The van der Waals surface area contributed by atoms with Gasteiger partial charge in [-0.3, -0.25) is 9.59 Å². The highest BCUT2D eigenvalue weighted by molar-refractivity contribution is 5.94. The molecule has 3 aromatic rings. The van der Waals surface area contributed by atoms with Gasteiger partial charge in [0.25, 0.3) is 5.91 Å². The molecule has 0 aliphatic rings. The number of esters is 1. The molecule has 0 atom stereocenters. The average Bonchev–Trinajstić information content (AvgIpc) is 2.82. The molecule has 0 spiro atoms. The Labute approximate surface area is 188 Å². The fourth-order valence-corrected chi connectivity index (χ4v) is 2.97. The molecule has 0 saturated heterocycles. The molecule has 3 rings (SSSR count). The summed E-state index contributed by atoms with van der Waals surface area (Å²) in [4.78, 5) is 27.3. The van der Waals surface area contributed by atoms with E-state index in [1.807, 2.05) is 24.3 Å². The number of methoxy groups -OCH3 is 1. The highest BCUT2D eigenvalue weighted by Crippen LogP contribution is 2.31. The van der Waals surface area contributed by atoms with Crippen molar-refractivity contribution in [2.45, 2.75) is 19.1 Å². The van der Waals surface area contributed by atoms with Crippen molar-refractivity contribution in [2.24, 2.45) is 0 Å². The zero-order valence-electron chi connectivity index (χ0n) is 17.8. The number of alkyl halides is 3. The first-order valence-corrected chi connectivity index (χ1v) is 10.1. The van der Waals surface area contributed by atoms with E-state index in [4.69, 9.17) is 0 Å². The van der Waals surface area contributed by atoms with Crippen molar-refractivity contribution in [1.29, 1.82) is 0 Å². The zero-order valence-corrected chi connectivity index (χ0v) is 17.8. The number of carbonyl (C=O) groups excluding carboxylic acids is 2. The molecule has 0 radical (unpaired) electrons. The van der Waals surface area contributed by atoms with Crippen LogP contribution in [0.5, 0.6) is 0 Å². The maximum absolute atomic E-state index is 12.7. The first kappa shape index (κ1) is 23.8. The number of hydrogen-bond donors (Lipinski definition) is 2. The molecule has 0 fully saturated rings. The third kappa shape index (κ3) is 6.80. The predicted molar refractivity (Wildman–Crippen MR) is 117 cm³/mol. The second-order valence-electron chi connectivity index (χ2n) is 7.14. The van der Waals surface area contributed by atoms with E-state index in [1.165, 1.54) is 25.4 Å².